The van der Waals surface area contributed by atoms with Crippen LogP contribution in [-0.4, -0.2) is 45.9 Å². The first-order chi connectivity index (χ1) is 12.6. The molecule has 0 aromatic carbocycles. The van der Waals surface area contributed by atoms with Crippen molar-refractivity contribution in [2.75, 3.05) is 18.0 Å². The van der Waals surface area contributed by atoms with E-state index >= 15 is 0 Å². The number of amides is 1. The predicted molar refractivity (Wildman–Crippen MR) is 98.3 cm³/mol. The standard InChI is InChI=1S/C19H25N5O2/c1-4-24-18(15-9-12(2)26-13(3)17(15)22-24)19(25)21-14-10-23(11-14)16-7-5-6-8-20-16/h5-8,12-14H,4,9-11H2,1-3H3,(H,21,25)/t12-,13+/m0/s1. The second-order valence-corrected chi connectivity index (χ2v) is 7.08. The first kappa shape index (κ1) is 17.0. The maximum absolute atomic E-state index is 13.0. The average Bonchev–Trinajstić information content (AvgIpc) is 2.97. The number of pyridine rings is 1. The molecule has 26 heavy (non-hydrogen) atoms. The van der Waals surface area contributed by atoms with Gasteiger partial charge in [0.05, 0.1) is 23.9 Å². The molecule has 1 amide bonds. The summed E-state index contributed by atoms with van der Waals surface area (Å²) in [6, 6.07) is 6.01. The van der Waals surface area contributed by atoms with E-state index in [0.29, 0.717) is 12.2 Å². The van der Waals surface area contributed by atoms with Crippen molar-refractivity contribution >= 4 is 11.7 Å². The number of carbonyl (C=O) groups is 1. The molecule has 2 atom stereocenters. The summed E-state index contributed by atoms with van der Waals surface area (Å²) in [6.45, 7) is 8.28. The molecule has 0 saturated carbocycles. The fraction of sp³-hybridized carbons (Fsp3) is 0.526. The van der Waals surface area contributed by atoms with Crippen LogP contribution in [0, 0.1) is 0 Å². The van der Waals surface area contributed by atoms with Crippen LogP contribution in [0.5, 0.6) is 0 Å². The molecular weight excluding hydrogens is 330 g/mol. The van der Waals surface area contributed by atoms with E-state index in [9.17, 15) is 4.79 Å². The zero-order valence-corrected chi connectivity index (χ0v) is 15.5. The molecule has 2 aliphatic rings. The van der Waals surface area contributed by atoms with Crippen molar-refractivity contribution in [3.8, 4) is 0 Å². The number of nitrogens with one attached hydrogen (secondary N) is 1. The van der Waals surface area contributed by atoms with Crippen LogP contribution in [0.2, 0.25) is 0 Å². The fourth-order valence-electron chi connectivity index (χ4n) is 3.83. The van der Waals surface area contributed by atoms with Gasteiger partial charge in [-0.3, -0.25) is 9.48 Å². The zero-order chi connectivity index (χ0) is 18.3. The van der Waals surface area contributed by atoms with E-state index in [-0.39, 0.29) is 24.2 Å². The second kappa shape index (κ2) is 6.72. The van der Waals surface area contributed by atoms with Gasteiger partial charge < -0.3 is 15.0 Å². The van der Waals surface area contributed by atoms with Crippen LogP contribution in [0.25, 0.3) is 0 Å². The molecule has 0 spiro atoms. The highest BCUT2D eigenvalue weighted by molar-refractivity contribution is 5.95. The summed E-state index contributed by atoms with van der Waals surface area (Å²) in [5, 5.41) is 7.79. The Morgan fingerprint density at radius 1 is 1.35 bits per heavy atom. The van der Waals surface area contributed by atoms with Crippen LogP contribution in [0.1, 0.15) is 48.6 Å². The van der Waals surface area contributed by atoms with Gasteiger partial charge in [0.2, 0.25) is 0 Å². The maximum Gasteiger partial charge on any atom is 0.270 e. The smallest absolute Gasteiger partial charge is 0.270 e. The molecule has 0 unspecified atom stereocenters. The molecule has 4 heterocycles. The van der Waals surface area contributed by atoms with Gasteiger partial charge in [-0.25, -0.2) is 4.98 Å². The minimum Gasteiger partial charge on any atom is -0.369 e. The summed E-state index contributed by atoms with van der Waals surface area (Å²) in [5.74, 6) is 0.918. The number of fused-ring (bicyclic) bond motifs is 1. The predicted octanol–water partition coefficient (Wildman–Crippen LogP) is 1.94. The number of carbonyl (C=O) groups excluding carboxylic acids is 1. The number of rotatable bonds is 4. The number of nitrogens with zero attached hydrogens (tertiary/aromatic N) is 4. The Morgan fingerprint density at radius 3 is 2.85 bits per heavy atom. The number of aryl methyl sites for hydroxylation is 1. The highest BCUT2D eigenvalue weighted by Crippen LogP contribution is 2.31. The van der Waals surface area contributed by atoms with Crippen molar-refractivity contribution in [1.29, 1.82) is 0 Å². The molecule has 1 fully saturated rings. The monoisotopic (exact) mass is 355 g/mol. The Labute approximate surface area is 153 Å². The molecule has 2 aromatic heterocycles. The number of aromatic nitrogens is 3. The summed E-state index contributed by atoms with van der Waals surface area (Å²) in [4.78, 5) is 19.5. The Bertz CT molecular complexity index is 798. The molecule has 7 nitrogen and oxygen atoms in total. The van der Waals surface area contributed by atoms with Crippen LogP contribution in [0.3, 0.4) is 0 Å². The Morgan fingerprint density at radius 2 is 2.15 bits per heavy atom. The van der Waals surface area contributed by atoms with Crippen molar-refractivity contribution in [2.24, 2.45) is 0 Å². The summed E-state index contributed by atoms with van der Waals surface area (Å²) < 4.78 is 7.67. The fourth-order valence-corrected chi connectivity index (χ4v) is 3.83. The normalized spacial score (nSPS) is 22.7. The third-order valence-corrected chi connectivity index (χ3v) is 5.10. The summed E-state index contributed by atoms with van der Waals surface area (Å²) in [7, 11) is 0. The van der Waals surface area contributed by atoms with Gasteiger partial charge in [-0.1, -0.05) is 6.07 Å². The number of hydrogen-bond acceptors (Lipinski definition) is 5. The molecule has 1 N–H and O–H groups in total. The minimum absolute atomic E-state index is 0.0347. The third kappa shape index (κ3) is 2.96. The molecule has 0 aliphatic carbocycles. The quantitative estimate of drug-likeness (QED) is 0.907. The second-order valence-electron chi connectivity index (χ2n) is 7.08. The highest BCUT2D eigenvalue weighted by Gasteiger charge is 2.34. The van der Waals surface area contributed by atoms with E-state index in [1.807, 2.05) is 43.7 Å². The van der Waals surface area contributed by atoms with E-state index in [1.165, 1.54) is 0 Å². The minimum atomic E-state index is -0.0727. The number of hydrogen-bond donors (Lipinski definition) is 1. The van der Waals surface area contributed by atoms with Gasteiger partial charge in [-0.15, -0.1) is 0 Å². The van der Waals surface area contributed by atoms with E-state index < -0.39 is 0 Å². The van der Waals surface area contributed by atoms with Crippen LogP contribution < -0.4 is 10.2 Å². The summed E-state index contributed by atoms with van der Waals surface area (Å²) in [6.07, 6.45) is 2.54. The SMILES string of the molecule is CCn1nc2c(c1C(=O)NC1CN(c3ccccn3)C1)C[C@H](C)O[C@@H]2C. The van der Waals surface area contributed by atoms with Crippen molar-refractivity contribution in [3.05, 3.63) is 41.3 Å². The Kier molecular flexibility index (Phi) is 4.40. The topological polar surface area (TPSA) is 72.3 Å². The first-order valence-electron chi connectivity index (χ1n) is 9.28. The van der Waals surface area contributed by atoms with E-state index in [0.717, 1.165) is 36.6 Å². The van der Waals surface area contributed by atoms with Crippen molar-refractivity contribution in [2.45, 2.75) is 52.0 Å². The molecule has 0 bridgehead atoms. The molecular formula is C19H25N5O2. The lowest BCUT2D eigenvalue weighted by atomic mass is 9.99. The lowest BCUT2D eigenvalue weighted by Gasteiger charge is -2.40. The van der Waals surface area contributed by atoms with Crippen LogP contribution in [0.15, 0.2) is 24.4 Å². The van der Waals surface area contributed by atoms with Crippen LogP contribution in [0.4, 0.5) is 5.82 Å². The van der Waals surface area contributed by atoms with Gasteiger partial charge in [0.15, 0.2) is 0 Å². The van der Waals surface area contributed by atoms with E-state index in [4.69, 9.17) is 4.74 Å². The van der Waals surface area contributed by atoms with Gasteiger partial charge in [0.25, 0.3) is 5.91 Å². The first-order valence-corrected chi connectivity index (χ1v) is 9.28. The average molecular weight is 355 g/mol. The maximum atomic E-state index is 13.0. The van der Waals surface area contributed by atoms with Gasteiger partial charge >= 0.3 is 0 Å². The molecule has 7 heteroatoms. The van der Waals surface area contributed by atoms with Crippen LogP contribution >= 0.6 is 0 Å². The van der Waals surface area contributed by atoms with Crippen molar-refractivity contribution in [1.82, 2.24) is 20.1 Å². The summed E-state index contributed by atoms with van der Waals surface area (Å²) in [5.41, 5.74) is 2.64. The van der Waals surface area contributed by atoms with Gasteiger partial charge in [-0.05, 0) is 32.9 Å². The van der Waals surface area contributed by atoms with Crippen molar-refractivity contribution in [3.63, 3.8) is 0 Å². The summed E-state index contributed by atoms with van der Waals surface area (Å²) >= 11 is 0. The lowest BCUT2D eigenvalue weighted by molar-refractivity contribution is -0.00712. The molecule has 2 aliphatic heterocycles. The van der Waals surface area contributed by atoms with Crippen LogP contribution in [-0.2, 0) is 17.7 Å². The Hall–Kier alpha value is -2.41. The Balaban J connectivity index is 1.48. The van der Waals surface area contributed by atoms with Gasteiger partial charge in [-0.2, -0.15) is 5.10 Å². The van der Waals surface area contributed by atoms with Gasteiger partial charge in [0, 0.05) is 37.8 Å². The number of ether oxygens (including phenoxy) is 1. The zero-order valence-electron chi connectivity index (χ0n) is 15.5. The van der Waals surface area contributed by atoms with E-state index in [2.05, 4.69) is 20.3 Å². The molecule has 0 radical (unpaired) electrons. The largest absolute Gasteiger partial charge is 0.369 e. The molecule has 4 rings (SSSR count). The van der Waals surface area contributed by atoms with E-state index in [1.54, 1.807) is 6.20 Å². The highest BCUT2D eigenvalue weighted by atomic mass is 16.5. The van der Waals surface area contributed by atoms with Crippen molar-refractivity contribution < 1.29 is 9.53 Å². The lowest BCUT2D eigenvalue weighted by Crippen LogP contribution is -2.60. The van der Waals surface area contributed by atoms with Gasteiger partial charge in [0.1, 0.15) is 11.5 Å². The number of anilines is 1. The molecule has 138 valence electrons. The molecule has 1 saturated heterocycles. The molecule has 2 aromatic rings. The third-order valence-electron chi connectivity index (χ3n) is 5.10.